The Kier molecular flexibility index (Phi) is 5.43. The molecule has 0 bridgehead atoms. The second kappa shape index (κ2) is 7.55. The van der Waals surface area contributed by atoms with Gasteiger partial charge in [-0.1, -0.05) is 16.8 Å². The summed E-state index contributed by atoms with van der Waals surface area (Å²) in [6.07, 6.45) is 0. The van der Waals surface area contributed by atoms with Crippen molar-refractivity contribution in [1.29, 1.82) is 0 Å². The van der Waals surface area contributed by atoms with Crippen LogP contribution in [0.3, 0.4) is 0 Å². The minimum atomic E-state index is -0.0360. The molecule has 1 unspecified atom stereocenters. The van der Waals surface area contributed by atoms with Crippen LogP contribution in [-0.4, -0.2) is 47.2 Å². The van der Waals surface area contributed by atoms with Gasteiger partial charge in [0, 0.05) is 43.7 Å². The summed E-state index contributed by atoms with van der Waals surface area (Å²) < 4.78 is 5.83. The van der Waals surface area contributed by atoms with Crippen molar-refractivity contribution in [2.75, 3.05) is 26.2 Å². The highest BCUT2D eigenvalue weighted by Crippen LogP contribution is 2.26. The lowest BCUT2D eigenvalue weighted by molar-refractivity contribution is 0.132. The highest BCUT2D eigenvalue weighted by molar-refractivity contribution is 7.16. The maximum atomic E-state index is 12.4. The van der Waals surface area contributed by atoms with Crippen molar-refractivity contribution >= 4 is 29.0 Å². The number of halogens is 1. The molecule has 6 nitrogen and oxygen atoms in total. The molecule has 3 rings (SSSR count). The lowest BCUT2D eigenvalue weighted by atomic mass is 10.2. The van der Waals surface area contributed by atoms with Crippen molar-refractivity contribution in [3.63, 3.8) is 0 Å². The summed E-state index contributed by atoms with van der Waals surface area (Å²) in [4.78, 5) is 17.6. The first-order valence-corrected chi connectivity index (χ1v) is 9.16. The molecule has 1 aliphatic rings. The maximum Gasteiger partial charge on any atom is 0.317 e. The SMILES string of the molecule is Cc1cc(CN2CCN(C(=O)NC(C)c3ccc(Cl)s3)CC2)no1. The van der Waals surface area contributed by atoms with Gasteiger partial charge in [-0.05, 0) is 26.0 Å². The van der Waals surface area contributed by atoms with Crippen LogP contribution >= 0.6 is 22.9 Å². The first kappa shape index (κ1) is 17.3. The molecule has 0 spiro atoms. The molecule has 130 valence electrons. The molecule has 1 N–H and O–H groups in total. The highest BCUT2D eigenvalue weighted by atomic mass is 35.5. The topological polar surface area (TPSA) is 61.6 Å². The van der Waals surface area contributed by atoms with E-state index in [9.17, 15) is 4.79 Å². The average Bonchev–Trinajstić information content (AvgIpc) is 3.16. The van der Waals surface area contributed by atoms with E-state index < -0.39 is 0 Å². The first-order chi connectivity index (χ1) is 11.5. The van der Waals surface area contributed by atoms with E-state index in [1.165, 1.54) is 11.3 Å². The normalized spacial score (nSPS) is 17.0. The van der Waals surface area contributed by atoms with Crippen LogP contribution in [0.2, 0.25) is 4.34 Å². The summed E-state index contributed by atoms with van der Waals surface area (Å²) in [5.74, 6) is 0.825. The number of urea groups is 1. The smallest absolute Gasteiger partial charge is 0.317 e. The van der Waals surface area contributed by atoms with Gasteiger partial charge in [0.15, 0.2) is 0 Å². The number of nitrogens with one attached hydrogen (secondary N) is 1. The van der Waals surface area contributed by atoms with Crippen LogP contribution in [-0.2, 0) is 6.54 Å². The van der Waals surface area contributed by atoms with Crippen LogP contribution in [0.1, 0.15) is 29.3 Å². The van der Waals surface area contributed by atoms with Gasteiger partial charge in [0.05, 0.1) is 16.1 Å². The van der Waals surface area contributed by atoms with E-state index in [2.05, 4.69) is 15.4 Å². The molecule has 1 atom stereocenters. The molecule has 2 amide bonds. The van der Waals surface area contributed by atoms with E-state index >= 15 is 0 Å². The molecule has 0 radical (unpaired) electrons. The molecule has 0 aliphatic carbocycles. The third-order valence-electron chi connectivity index (χ3n) is 4.08. The van der Waals surface area contributed by atoms with Crippen molar-refractivity contribution in [2.45, 2.75) is 26.4 Å². The molecule has 1 fully saturated rings. The number of hydrogen-bond acceptors (Lipinski definition) is 5. The number of nitrogens with zero attached hydrogens (tertiary/aromatic N) is 3. The van der Waals surface area contributed by atoms with E-state index in [0.29, 0.717) is 13.1 Å². The lowest BCUT2D eigenvalue weighted by Crippen LogP contribution is -2.51. The van der Waals surface area contributed by atoms with Crippen LogP contribution in [0.4, 0.5) is 4.79 Å². The first-order valence-electron chi connectivity index (χ1n) is 7.96. The van der Waals surface area contributed by atoms with Gasteiger partial charge in [0.25, 0.3) is 0 Å². The molecule has 24 heavy (non-hydrogen) atoms. The Bertz CT molecular complexity index is 694. The fourth-order valence-electron chi connectivity index (χ4n) is 2.74. The summed E-state index contributed by atoms with van der Waals surface area (Å²) in [7, 11) is 0. The zero-order valence-electron chi connectivity index (χ0n) is 13.8. The number of aryl methyl sites for hydroxylation is 1. The molecule has 3 heterocycles. The number of aromatic nitrogens is 1. The second-order valence-corrected chi connectivity index (χ2v) is 7.75. The highest BCUT2D eigenvalue weighted by Gasteiger charge is 2.23. The van der Waals surface area contributed by atoms with E-state index in [0.717, 1.165) is 40.3 Å². The predicted octanol–water partition coefficient (Wildman–Crippen LogP) is 3.29. The van der Waals surface area contributed by atoms with Crippen molar-refractivity contribution in [1.82, 2.24) is 20.3 Å². The van der Waals surface area contributed by atoms with Gasteiger partial charge in [-0.3, -0.25) is 4.90 Å². The van der Waals surface area contributed by atoms with Gasteiger partial charge in [-0.2, -0.15) is 0 Å². The Morgan fingerprint density at radius 3 is 2.75 bits per heavy atom. The fourth-order valence-corrected chi connectivity index (χ4v) is 3.80. The molecule has 1 saturated heterocycles. The Morgan fingerprint density at radius 1 is 1.42 bits per heavy atom. The average molecular weight is 369 g/mol. The monoisotopic (exact) mass is 368 g/mol. The van der Waals surface area contributed by atoms with Crippen molar-refractivity contribution < 1.29 is 9.32 Å². The van der Waals surface area contributed by atoms with Gasteiger partial charge < -0.3 is 14.7 Å². The minimum Gasteiger partial charge on any atom is -0.361 e. The van der Waals surface area contributed by atoms with Gasteiger partial charge >= 0.3 is 6.03 Å². The van der Waals surface area contributed by atoms with Crippen LogP contribution < -0.4 is 5.32 Å². The van der Waals surface area contributed by atoms with E-state index in [1.807, 2.05) is 36.9 Å². The van der Waals surface area contributed by atoms with E-state index in [4.69, 9.17) is 16.1 Å². The third kappa shape index (κ3) is 4.28. The molecule has 1 aliphatic heterocycles. The Morgan fingerprint density at radius 2 is 2.17 bits per heavy atom. The molecule has 2 aromatic heterocycles. The van der Waals surface area contributed by atoms with Crippen LogP contribution in [0, 0.1) is 6.92 Å². The number of rotatable bonds is 4. The largest absolute Gasteiger partial charge is 0.361 e. The molecular weight excluding hydrogens is 348 g/mol. The molecule has 0 saturated carbocycles. The zero-order chi connectivity index (χ0) is 17.1. The summed E-state index contributed by atoms with van der Waals surface area (Å²) in [5.41, 5.74) is 0.939. The van der Waals surface area contributed by atoms with Crippen LogP contribution in [0.25, 0.3) is 0 Å². The number of hydrogen-bond donors (Lipinski definition) is 1. The molecule has 8 heteroatoms. The number of piperazine rings is 1. The lowest BCUT2D eigenvalue weighted by Gasteiger charge is -2.34. The van der Waals surface area contributed by atoms with E-state index in [1.54, 1.807) is 0 Å². The summed E-state index contributed by atoms with van der Waals surface area (Å²) in [6, 6.07) is 5.70. The van der Waals surface area contributed by atoms with E-state index in [-0.39, 0.29) is 12.1 Å². The fraction of sp³-hybridized carbons (Fsp3) is 0.500. The predicted molar refractivity (Wildman–Crippen MR) is 94.4 cm³/mol. The van der Waals surface area contributed by atoms with Crippen molar-refractivity contribution in [3.05, 3.63) is 38.9 Å². The number of amides is 2. The maximum absolute atomic E-state index is 12.4. The van der Waals surface area contributed by atoms with Gasteiger partial charge in [0.2, 0.25) is 0 Å². The van der Waals surface area contributed by atoms with Crippen molar-refractivity contribution in [2.24, 2.45) is 0 Å². The summed E-state index contributed by atoms with van der Waals surface area (Å²) >= 11 is 7.45. The zero-order valence-corrected chi connectivity index (χ0v) is 15.4. The Labute approximate surface area is 150 Å². The van der Waals surface area contributed by atoms with Gasteiger partial charge in [-0.15, -0.1) is 11.3 Å². The van der Waals surface area contributed by atoms with Gasteiger partial charge in [0.1, 0.15) is 5.76 Å². The number of thiophene rings is 1. The molecular formula is C16H21ClN4O2S. The Balaban J connectivity index is 1.46. The summed E-state index contributed by atoms with van der Waals surface area (Å²) in [6.45, 7) is 7.71. The standard InChI is InChI=1S/C16H21ClN4O2S/c1-11-9-13(19-23-11)10-20-5-7-21(8-6-20)16(22)18-12(2)14-3-4-15(17)24-14/h3-4,9,12H,5-8,10H2,1-2H3,(H,18,22). The molecule has 0 aromatic carbocycles. The quantitative estimate of drug-likeness (QED) is 0.899. The number of carbonyl (C=O) groups is 1. The minimum absolute atomic E-state index is 0.0241. The summed E-state index contributed by atoms with van der Waals surface area (Å²) in [5, 5.41) is 7.06. The number of carbonyl (C=O) groups excluding carboxylic acids is 1. The van der Waals surface area contributed by atoms with Crippen LogP contribution in [0.15, 0.2) is 22.7 Å². The Hall–Kier alpha value is -1.57. The third-order valence-corrected chi connectivity index (χ3v) is 5.50. The van der Waals surface area contributed by atoms with Gasteiger partial charge in [-0.25, -0.2) is 4.79 Å². The van der Waals surface area contributed by atoms with Crippen LogP contribution in [0.5, 0.6) is 0 Å². The second-order valence-electron chi connectivity index (χ2n) is 6.01. The van der Waals surface area contributed by atoms with Crippen molar-refractivity contribution in [3.8, 4) is 0 Å². The molecule has 2 aromatic rings.